The molecule has 1 unspecified atom stereocenters. The lowest BCUT2D eigenvalue weighted by molar-refractivity contribution is 0.159. The maximum atomic E-state index is 10.3. The second-order valence-electron chi connectivity index (χ2n) is 6.19. The molecule has 104 valence electrons. The highest BCUT2D eigenvalue weighted by Gasteiger charge is 2.21. The normalized spacial score (nSPS) is 15.6. The van der Waals surface area contributed by atoms with E-state index in [0.29, 0.717) is 12.6 Å². The van der Waals surface area contributed by atoms with Crippen molar-refractivity contribution in [3.63, 3.8) is 0 Å². The van der Waals surface area contributed by atoms with Crippen LogP contribution in [-0.2, 0) is 0 Å². The Bertz CT molecular complexity index is 542. The molecule has 0 saturated heterocycles. The first-order valence-corrected chi connectivity index (χ1v) is 6.73. The van der Waals surface area contributed by atoms with Crippen LogP contribution in [0.2, 0.25) is 0 Å². The van der Waals surface area contributed by atoms with Gasteiger partial charge in [-0.05, 0) is 24.0 Å². The largest absolute Gasteiger partial charge is 0.387 e. The van der Waals surface area contributed by atoms with Gasteiger partial charge in [0, 0.05) is 18.0 Å². The standard InChI is InChI=1S/C15H23N3O/c1-10(15(2,3)4)16-9-14(19)11-6-5-7-13-12(11)8-17-18-13/h5-8,10,14,16,19H,9H2,1-4H3,(H,17,18)/t10?,14-/m0/s1. The number of rotatable bonds is 4. The summed E-state index contributed by atoms with van der Waals surface area (Å²) >= 11 is 0. The van der Waals surface area contributed by atoms with Crippen LogP contribution in [0.1, 0.15) is 39.4 Å². The van der Waals surface area contributed by atoms with Gasteiger partial charge in [-0.15, -0.1) is 0 Å². The molecule has 19 heavy (non-hydrogen) atoms. The van der Waals surface area contributed by atoms with Crippen LogP contribution in [0.4, 0.5) is 0 Å². The van der Waals surface area contributed by atoms with E-state index in [1.165, 1.54) is 0 Å². The SMILES string of the molecule is CC(NC[C@H](O)c1cccc2[nH]ncc12)C(C)(C)C. The highest BCUT2D eigenvalue weighted by molar-refractivity contribution is 5.81. The number of hydrogen-bond donors (Lipinski definition) is 3. The van der Waals surface area contributed by atoms with Crippen molar-refractivity contribution in [2.45, 2.75) is 39.8 Å². The molecule has 0 spiro atoms. The van der Waals surface area contributed by atoms with Crippen molar-refractivity contribution in [3.8, 4) is 0 Å². The number of aliphatic hydroxyl groups excluding tert-OH is 1. The minimum absolute atomic E-state index is 0.182. The predicted molar refractivity (Wildman–Crippen MR) is 78.0 cm³/mol. The fraction of sp³-hybridized carbons (Fsp3) is 0.533. The second kappa shape index (κ2) is 5.31. The first-order chi connectivity index (χ1) is 8.89. The summed E-state index contributed by atoms with van der Waals surface area (Å²) in [6, 6.07) is 6.19. The van der Waals surface area contributed by atoms with E-state index in [2.05, 4.69) is 43.2 Å². The van der Waals surface area contributed by atoms with Crippen LogP contribution in [0.25, 0.3) is 10.9 Å². The van der Waals surface area contributed by atoms with Gasteiger partial charge in [0.2, 0.25) is 0 Å². The van der Waals surface area contributed by atoms with Gasteiger partial charge in [-0.1, -0.05) is 32.9 Å². The lowest BCUT2D eigenvalue weighted by Gasteiger charge is -2.29. The molecule has 0 aliphatic carbocycles. The van der Waals surface area contributed by atoms with Crippen molar-refractivity contribution in [2.75, 3.05) is 6.54 Å². The summed E-state index contributed by atoms with van der Waals surface area (Å²) in [6.45, 7) is 9.25. The summed E-state index contributed by atoms with van der Waals surface area (Å²) < 4.78 is 0. The molecule has 1 heterocycles. The molecule has 4 nitrogen and oxygen atoms in total. The van der Waals surface area contributed by atoms with Crippen molar-refractivity contribution >= 4 is 10.9 Å². The third kappa shape index (κ3) is 3.14. The number of aliphatic hydroxyl groups is 1. The number of nitrogens with one attached hydrogen (secondary N) is 2. The molecule has 2 rings (SSSR count). The van der Waals surface area contributed by atoms with Crippen molar-refractivity contribution in [1.82, 2.24) is 15.5 Å². The summed E-state index contributed by atoms with van der Waals surface area (Å²) in [4.78, 5) is 0. The second-order valence-corrected chi connectivity index (χ2v) is 6.19. The molecule has 0 radical (unpaired) electrons. The van der Waals surface area contributed by atoms with Crippen molar-refractivity contribution in [3.05, 3.63) is 30.0 Å². The van der Waals surface area contributed by atoms with Gasteiger partial charge >= 0.3 is 0 Å². The molecule has 0 aliphatic heterocycles. The number of fused-ring (bicyclic) bond motifs is 1. The Kier molecular flexibility index (Phi) is 3.92. The highest BCUT2D eigenvalue weighted by atomic mass is 16.3. The number of H-pyrrole nitrogens is 1. The maximum absolute atomic E-state index is 10.3. The van der Waals surface area contributed by atoms with Gasteiger partial charge in [-0.2, -0.15) is 5.10 Å². The summed E-state index contributed by atoms with van der Waals surface area (Å²) in [7, 11) is 0. The molecule has 0 bridgehead atoms. The van der Waals surface area contributed by atoms with Crippen LogP contribution in [0.3, 0.4) is 0 Å². The fourth-order valence-electron chi connectivity index (χ4n) is 1.99. The lowest BCUT2D eigenvalue weighted by Crippen LogP contribution is -2.39. The Morgan fingerprint density at radius 3 is 2.79 bits per heavy atom. The highest BCUT2D eigenvalue weighted by Crippen LogP contribution is 2.23. The molecule has 1 aromatic carbocycles. The quantitative estimate of drug-likeness (QED) is 0.793. The van der Waals surface area contributed by atoms with Crippen LogP contribution in [0.15, 0.2) is 24.4 Å². The Morgan fingerprint density at radius 1 is 1.37 bits per heavy atom. The van der Waals surface area contributed by atoms with Gasteiger partial charge in [-0.25, -0.2) is 0 Å². The zero-order chi connectivity index (χ0) is 14.0. The number of hydrogen-bond acceptors (Lipinski definition) is 3. The first-order valence-electron chi connectivity index (χ1n) is 6.73. The van der Waals surface area contributed by atoms with Crippen LogP contribution in [0.5, 0.6) is 0 Å². The van der Waals surface area contributed by atoms with Crippen molar-refractivity contribution in [2.24, 2.45) is 5.41 Å². The average molecular weight is 261 g/mol. The van der Waals surface area contributed by atoms with Crippen LogP contribution < -0.4 is 5.32 Å². The molecular weight excluding hydrogens is 238 g/mol. The van der Waals surface area contributed by atoms with Crippen molar-refractivity contribution in [1.29, 1.82) is 0 Å². The van der Waals surface area contributed by atoms with E-state index < -0.39 is 6.10 Å². The molecule has 3 N–H and O–H groups in total. The molecule has 0 aliphatic rings. The topological polar surface area (TPSA) is 60.9 Å². The third-order valence-electron chi connectivity index (χ3n) is 3.79. The molecule has 0 amide bonds. The molecule has 0 saturated carbocycles. The molecule has 1 aromatic heterocycles. The molecule has 2 atom stereocenters. The molecular formula is C15H23N3O. The van der Waals surface area contributed by atoms with Gasteiger partial charge in [-0.3, -0.25) is 5.10 Å². The van der Waals surface area contributed by atoms with E-state index in [0.717, 1.165) is 16.5 Å². The van der Waals surface area contributed by atoms with Gasteiger partial charge in [0.1, 0.15) is 0 Å². The summed E-state index contributed by atoms with van der Waals surface area (Å²) in [6.07, 6.45) is 1.24. The monoisotopic (exact) mass is 261 g/mol. The Morgan fingerprint density at radius 2 is 2.11 bits per heavy atom. The Hall–Kier alpha value is -1.39. The van der Waals surface area contributed by atoms with Gasteiger partial charge in [0.05, 0.1) is 17.8 Å². The molecule has 4 heteroatoms. The predicted octanol–water partition coefficient (Wildman–Crippen LogP) is 2.62. The van der Waals surface area contributed by atoms with Gasteiger partial charge in [0.15, 0.2) is 0 Å². The third-order valence-corrected chi connectivity index (χ3v) is 3.79. The van der Waals surface area contributed by atoms with Gasteiger partial charge < -0.3 is 10.4 Å². The van der Waals surface area contributed by atoms with Crippen LogP contribution in [-0.4, -0.2) is 27.9 Å². The summed E-state index contributed by atoms with van der Waals surface area (Å²) in [5.41, 5.74) is 2.06. The number of benzene rings is 1. The zero-order valence-electron chi connectivity index (χ0n) is 12.1. The lowest BCUT2D eigenvalue weighted by atomic mass is 9.88. The summed E-state index contributed by atoms with van der Waals surface area (Å²) in [5, 5.41) is 21.7. The van der Waals surface area contributed by atoms with Crippen LogP contribution >= 0.6 is 0 Å². The van der Waals surface area contributed by atoms with Crippen LogP contribution in [0, 0.1) is 5.41 Å². The van der Waals surface area contributed by atoms with E-state index in [4.69, 9.17) is 0 Å². The Labute approximate surface area is 114 Å². The van der Waals surface area contributed by atoms with Gasteiger partial charge in [0.25, 0.3) is 0 Å². The van der Waals surface area contributed by atoms with E-state index in [1.54, 1.807) is 6.20 Å². The maximum Gasteiger partial charge on any atom is 0.0921 e. The number of nitrogens with zero attached hydrogens (tertiary/aromatic N) is 1. The minimum atomic E-state index is -0.522. The first kappa shape index (κ1) is 14.0. The summed E-state index contributed by atoms with van der Waals surface area (Å²) in [5.74, 6) is 0. The van der Waals surface area contributed by atoms with E-state index in [-0.39, 0.29) is 5.41 Å². The zero-order valence-corrected chi connectivity index (χ0v) is 12.1. The van der Waals surface area contributed by atoms with E-state index >= 15 is 0 Å². The number of aromatic amines is 1. The molecule has 2 aromatic rings. The van der Waals surface area contributed by atoms with E-state index in [1.807, 2.05) is 18.2 Å². The van der Waals surface area contributed by atoms with Crippen molar-refractivity contribution < 1.29 is 5.11 Å². The fourth-order valence-corrected chi connectivity index (χ4v) is 1.99. The number of aromatic nitrogens is 2. The smallest absolute Gasteiger partial charge is 0.0921 e. The molecule has 0 fully saturated rings. The minimum Gasteiger partial charge on any atom is -0.387 e. The average Bonchev–Trinajstić information content (AvgIpc) is 2.82. The van der Waals surface area contributed by atoms with E-state index in [9.17, 15) is 5.11 Å². The Balaban J connectivity index is 2.08.